The zero-order chi connectivity index (χ0) is 26.9. The summed E-state index contributed by atoms with van der Waals surface area (Å²) in [6.07, 6.45) is 0.433. The quantitative estimate of drug-likeness (QED) is 0.215. The van der Waals surface area contributed by atoms with Gasteiger partial charge < -0.3 is 10.3 Å². The lowest BCUT2D eigenvalue weighted by Gasteiger charge is -2.25. The van der Waals surface area contributed by atoms with Crippen molar-refractivity contribution >= 4 is 62.8 Å². The van der Waals surface area contributed by atoms with Gasteiger partial charge in [-0.15, -0.1) is 0 Å². The summed E-state index contributed by atoms with van der Waals surface area (Å²) >= 11 is 18.8. The summed E-state index contributed by atoms with van der Waals surface area (Å²) in [7, 11) is 0. The lowest BCUT2D eigenvalue weighted by molar-refractivity contribution is 0.375. The number of aromatic nitrogens is 1. The smallest absolute Gasteiger partial charge is 0.258 e. The molecule has 0 saturated heterocycles. The van der Waals surface area contributed by atoms with E-state index in [1.807, 2.05) is 97.1 Å². The molecule has 5 nitrogen and oxygen atoms in total. The van der Waals surface area contributed by atoms with Crippen molar-refractivity contribution < 1.29 is 0 Å². The van der Waals surface area contributed by atoms with E-state index in [0.29, 0.717) is 38.4 Å². The van der Waals surface area contributed by atoms with Gasteiger partial charge in [0, 0.05) is 33.1 Å². The number of rotatable bonds is 4. The number of aromatic amines is 1. The first-order chi connectivity index (χ1) is 19.0. The van der Waals surface area contributed by atoms with Crippen molar-refractivity contribution in [2.24, 2.45) is 5.10 Å². The fraction of sp³-hybridized carbons (Fsp3) is 0.0645. The Hall–Kier alpha value is -3.97. The molecule has 192 valence electrons. The van der Waals surface area contributed by atoms with Crippen LogP contribution in [0.3, 0.4) is 0 Å². The number of pyridine rings is 1. The molecule has 0 saturated carbocycles. The van der Waals surface area contributed by atoms with E-state index in [9.17, 15) is 4.79 Å². The second kappa shape index (κ2) is 10.7. The third kappa shape index (κ3) is 4.94. The zero-order valence-corrected chi connectivity index (χ0v) is 22.9. The van der Waals surface area contributed by atoms with Gasteiger partial charge in [-0.1, -0.05) is 96.0 Å². The molecule has 5 aromatic rings. The maximum Gasteiger partial charge on any atom is 0.258 e. The Morgan fingerprint density at radius 1 is 0.897 bits per heavy atom. The molecule has 1 aliphatic heterocycles. The highest BCUT2D eigenvalue weighted by Crippen LogP contribution is 2.39. The Morgan fingerprint density at radius 2 is 1.59 bits per heavy atom. The van der Waals surface area contributed by atoms with Gasteiger partial charge >= 0.3 is 0 Å². The van der Waals surface area contributed by atoms with Gasteiger partial charge in [0.15, 0.2) is 5.11 Å². The van der Waals surface area contributed by atoms with E-state index in [2.05, 4.69) is 10.3 Å². The molecular weight excluding hydrogens is 547 g/mol. The average molecular weight is 570 g/mol. The van der Waals surface area contributed by atoms with Crippen LogP contribution in [0.2, 0.25) is 10.0 Å². The summed E-state index contributed by atoms with van der Waals surface area (Å²) in [6, 6.07) is 32.4. The van der Waals surface area contributed by atoms with Crippen LogP contribution in [0.1, 0.15) is 23.6 Å². The van der Waals surface area contributed by atoms with Crippen LogP contribution in [-0.2, 0) is 0 Å². The lowest BCUT2D eigenvalue weighted by Crippen LogP contribution is -2.31. The summed E-state index contributed by atoms with van der Waals surface area (Å²) in [5.74, 6) is 0. The third-order valence-corrected chi connectivity index (χ3v) is 7.60. The largest absolute Gasteiger partial charge is 0.331 e. The maximum absolute atomic E-state index is 13.7. The fourth-order valence-corrected chi connectivity index (χ4v) is 5.71. The number of halogens is 2. The Morgan fingerprint density at radius 3 is 2.33 bits per heavy atom. The molecule has 6 rings (SSSR count). The Balaban J connectivity index is 1.53. The van der Waals surface area contributed by atoms with Crippen molar-refractivity contribution in [2.45, 2.75) is 12.5 Å². The normalized spacial score (nSPS) is 14.9. The number of nitrogens with zero attached hydrogens (tertiary/aromatic N) is 2. The van der Waals surface area contributed by atoms with Crippen LogP contribution >= 0.6 is 35.4 Å². The molecule has 1 unspecified atom stereocenters. The minimum Gasteiger partial charge on any atom is -0.331 e. The summed E-state index contributed by atoms with van der Waals surface area (Å²) in [5.41, 5.74) is 4.96. The number of anilines is 1. The van der Waals surface area contributed by atoms with E-state index in [1.54, 1.807) is 11.1 Å². The van der Waals surface area contributed by atoms with Crippen molar-refractivity contribution in [1.29, 1.82) is 0 Å². The lowest BCUT2D eigenvalue weighted by atomic mass is 9.91. The van der Waals surface area contributed by atoms with Crippen LogP contribution in [0.15, 0.2) is 113 Å². The van der Waals surface area contributed by atoms with Crippen molar-refractivity contribution in [3.63, 3.8) is 0 Å². The monoisotopic (exact) mass is 568 g/mol. The van der Waals surface area contributed by atoms with Gasteiger partial charge in [-0.3, -0.25) is 4.79 Å². The number of fused-ring (bicyclic) bond motifs is 1. The fourth-order valence-electron chi connectivity index (χ4n) is 4.99. The summed E-state index contributed by atoms with van der Waals surface area (Å²) in [6.45, 7) is 0. The third-order valence-electron chi connectivity index (χ3n) is 6.73. The number of para-hydroxylation sites is 1. The van der Waals surface area contributed by atoms with Crippen LogP contribution in [0.5, 0.6) is 0 Å². The van der Waals surface area contributed by atoms with Crippen LogP contribution in [0, 0.1) is 0 Å². The number of hydrogen-bond donors (Lipinski definition) is 2. The van der Waals surface area contributed by atoms with E-state index >= 15 is 0 Å². The highest BCUT2D eigenvalue weighted by Gasteiger charge is 2.35. The molecule has 0 fully saturated rings. The van der Waals surface area contributed by atoms with E-state index in [-0.39, 0.29) is 11.6 Å². The van der Waals surface area contributed by atoms with Gasteiger partial charge in [0.2, 0.25) is 0 Å². The zero-order valence-electron chi connectivity index (χ0n) is 20.6. The first-order valence-electron chi connectivity index (χ1n) is 12.4. The Kier molecular flexibility index (Phi) is 6.92. The molecule has 2 N–H and O–H groups in total. The molecule has 39 heavy (non-hydrogen) atoms. The molecule has 1 atom stereocenters. The minimum absolute atomic E-state index is 0.246. The molecule has 1 aromatic heterocycles. The second-order valence-electron chi connectivity index (χ2n) is 9.19. The highest BCUT2D eigenvalue weighted by atomic mass is 35.5. The van der Waals surface area contributed by atoms with E-state index in [1.165, 1.54) is 0 Å². The number of hydrogen-bond acceptors (Lipinski definition) is 3. The second-order valence-corrected chi connectivity index (χ2v) is 10.4. The molecule has 0 amide bonds. The number of hydrazone groups is 1. The number of nitrogens with one attached hydrogen (secondary N) is 2. The molecule has 4 aromatic carbocycles. The van der Waals surface area contributed by atoms with Crippen molar-refractivity contribution in [1.82, 2.24) is 9.99 Å². The Labute approximate surface area is 240 Å². The summed E-state index contributed by atoms with van der Waals surface area (Å²) in [5, 5.41) is 12.4. The van der Waals surface area contributed by atoms with Gasteiger partial charge in [-0.05, 0) is 53.7 Å². The molecule has 0 bridgehead atoms. The van der Waals surface area contributed by atoms with Crippen LogP contribution < -0.4 is 10.9 Å². The molecule has 0 radical (unpaired) electrons. The maximum atomic E-state index is 13.7. The first-order valence-corrected chi connectivity index (χ1v) is 13.5. The van der Waals surface area contributed by atoms with Gasteiger partial charge in [0.25, 0.3) is 5.56 Å². The molecule has 1 aliphatic rings. The van der Waals surface area contributed by atoms with Crippen LogP contribution in [-0.4, -0.2) is 20.8 Å². The average Bonchev–Trinajstić information content (AvgIpc) is 3.38. The standard InChI is InChI=1S/C31H22Cl2N4OS/c32-20-15-16-23-25(17-20)35-30(38)29(28(23)19-9-3-1-4-10-19)26-18-27(22-13-7-8-14-24(22)33)37(36-26)31(39)34-21-11-5-2-6-12-21/h1-17,27H,18H2,(H,34,39)(H,35,38). The van der Waals surface area contributed by atoms with Crippen LogP contribution in [0.25, 0.3) is 22.0 Å². The van der Waals surface area contributed by atoms with Gasteiger partial charge in [0.1, 0.15) is 0 Å². The summed E-state index contributed by atoms with van der Waals surface area (Å²) < 4.78 is 0. The molecule has 2 heterocycles. The van der Waals surface area contributed by atoms with Gasteiger partial charge in [0.05, 0.1) is 22.8 Å². The topological polar surface area (TPSA) is 60.5 Å². The minimum atomic E-state index is -0.304. The SMILES string of the molecule is O=c1[nH]c2cc(Cl)ccc2c(-c2ccccc2)c1C1=NN(C(=S)Nc2ccccc2)C(c2ccccc2Cl)C1. The van der Waals surface area contributed by atoms with Gasteiger partial charge in [-0.25, -0.2) is 5.01 Å². The Bertz CT molecular complexity index is 1790. The number of benzene rings is 4. The molecular formula is C31H22Cl2N4OS. The molecule has 0 aliphatic carbocycles. The molecule has 0 spiro atoms. The van der Waals surface area contributed by atoms with Crippen molar-refractivity contribution in [3.05, 3.63) is 135 Å². The van der Waals surface area contributed by atoms with E-state index in [4.69, 9.17) is 40.5 Å². The summed E-state index contributed by atoms with van der Waals surface area (Å²) in [4.78, 5) is 16.8. The predicted molar refractivity (Wildman–Crippen MR) is 165 cm³/mol. The first kappa shape index (κ1) is 25.3. The van der Waals surface area contributed by atoms with Crippen molar-refractivity contribution in [2.75, 3.05) is 5.32 Å². The molecule has 8 heteroatoms. The van der Waals surface area contributed by atoms with Crippen molar-refractivity contribution in [3.8, 4) is 11.1 Å². The number of H-pyrrole nitrogens is 1. The number of thiocarbonyl (C=S) groups is 1. The van der Waals surface area contributed by atoms with E-state index in [0.717, 1.165) is 27.8 Å². The van der Waals surface area contributed by atoms with Gasteiger partial charge in [-0.2, -0.15) is 5.10 Å². The van der Waals surface area contributed by atoms with E-state index < -0.39 is 0 Å². The predicted octanol–water partition coefficient (Wildman–Crippen LogP) is 8.05. The van der Waals surface area contributed by atoms with Crippen LogP contribution in [0.4, 0.5) is 5.69 Å². The highest BCUT2D eigenvalue weighted by molar-refractivity contribution is 7.80.